The molecule has 0 bridgehead atoms. The molecule has 140 valence electrons. The first-order valence-corrected chi connectivity index (χ1v) is 11.2. The Balaban J connectivity index is 1.85. The van der Waals surface area contributed by atoms with Crippen LogP contribution >= 0.6 is 0 Å². The highest BCUT2D eigenvalue weighted by Crippen LogP contribution is 2.28. The van der Waals surface area contributed by atoms with E-state index in [1.54, 1.807) is 29.2 Å². The highest BCUT2D eigenvalue weighted by Gasteiger charge is 2.19. The SMILES string of the molecule is CC(c1ccc(S(C)(=O)=O)cc1)N(C)C(=O)CCCC1CCCCC1. The van der Waals surface area contributed by atoms with Crippen LogP contribution in [0.25, 0.3) is 0 Å². The van der Waals surface area contributed by atoms with Gasteiger partial charge in [0.25, 0.3) is 0 Å². The Kier molecular flexibility index (Phi) is 7.05. The lowest BCUT2D eigenvalue weighted by Gasteiger charge is -2.26. The van der Waals surface area contributed by atoms with Crippen molar-refractivity contribution in [1.29, 1.82) is 0 Å². The highest BCUT2D eigenvalue weighted by atomic mass is 32.2. The first-order valence-electron chi connectivity index (χ1n) is 9.34. The molecule has 0 spiro atoms. The number of amides is 1. The molecule has 5 heteroatoms. The molecule has 1 unspecified atom stereocenters. The molecular weight excluding hydrogens is 334 g/mol. The van der Waals surface area contributed by atoms with E-state index in [1.807, 2.05) is 14.0 Å². The first-order chi connectivity index (χ1) is 11.8. The zero-order valence-electron chi connectivity index (χ0n) is 15.7. The van der Waals surface area contributed by atoms with E-state index in [0.29, 0.717) is 11.3 Å². The van der Waals surface area contributed by atoms with Crippen molar-refractivity contribution in [2.75, 3.05) is 13.3 Å². The first kappa shape index (κ1) is 20.0. The van der Waals surface area contributed by atoms with Gasteiger partial charge >= 0.3 is 0 Å². The van der Waals surface area contributed by atoms with E-state index in [9.17, 15) is 13.2 Å². The smallest absolute Gasteiger partial charge is 0.222 e. The Morgan fingerprint density at radius 3 is 2.32 bits per heavy atom. The van der Waals surface area contributed by atoms with Crippen LogP contribution in [-0.4, -0.2) is 32.5 Å². The van der Waals surface area contributed by atoms with E-state index in [2.05, 4.69) is 0 Å². The largest absolute Gasteiger partial charge is 0.339 e. The van der Waals surface area contributed by atoms with Crippen LogP contribution in [0.4, 0.5) is 0 Å². The maximum atomic E-state index is 12.5. The molecule has 25 heavy (non-hydrogen) atoms. The third kappa shape index (κ3) is 5.84. The standard InChI is InChI=1S/C20H31NO3S/c1-16(18-12-14-19(15-13-18)25(3,23)24)21(2)20(22)11-7-10-17-8-5-4-6-9-17/h12-17H,4-11H2,1-3H3. The zero-order valence-corrected chi connectivity index (χ0v) is 16.5. The van der Waals surface area contributed by atoms with Gasteiger partial charge in [-0.2, -0.15) is 0 Å². The molecular formula is C20H31NO3S. The van der Waals surface area contributed by atoms with Crippen molar-refractivity contribution in [2.24, 2.45) is 5.92 Å². The minimum Gasteiger partial charge on any atom is -0.339 e. The van der Waals surface area contributed by atoms with Crippen molar-refractivity contribution >= 4 is 15.7 Å². The second kappa shape index (κ2) is 8.84. The van der Waals surface area contributed by atoms with Crippen LogP contribution in [0, 0.1) is 5.92 Å². The molecule has 2 rings (SSSR count). The summed E-state index contributed by atoms with van der Waals surface area (Å²) in [7, 11) is -1.35. The lowest BCUT2D eigenvalue weighted by molar-refractivity contribution is -0.132. The normalized spacial score (nSPS) is 17.2. The third-order valence-corrected chi connectivity index (χ3v) is 6.62. The second-order valence-corrected chi connectivity index (χ2v) is 9.43. The van der Waals surface area contributed by atoms with E-state index in [0.717, 1.165) is 24.3 Å². The van der Waals surface area contributed by atoms with Gasteiger partial charge in [0.2, 0.25) is 5.91 Å². The summed E-state index contributed by atoms with van der Waals surface area (Å²) in [6, 6.07) is 6.76. The van der Waals surface area contributed by atoms with Gasteiger partial charge in [-0.05, 0) is 43.4 Å². The van der Waals surface area contributed by atoms with E-state index in [4.69, 9.17) is 0 Å². The van der Waals surface area contributed by atoms with Gasteiger partial charge in [0.1, 0.15) is 0 Å². The Hall–Kier alpha value is -1.36. The highest BCUT2D eigenvalue weighted by molar-refractivity contribution is 7.90. The molecule has 0 N–H and O–H groups in total. The van der Waals surface area contributed by atoms with Crippen molar-refractivity contribution in [3.63, 3.8) is 0 Å². The van der Waals surface area contributed by atoms with Crippen molar-refractivity contribution in [3.8, 4) is 0 Å². The fourth-order valence-corrected chi connectivity index (χ4v) is 4.26. The molecule has 4 nitrogen and oxygen atoms in total. The fraction of sp³-hybridized carbons (Fsp3) is 0.650. The number of hydrogen-bond donors (Lipinski definition) is 0. The topological polar surface area (TPSA) is 54.5 Å². The maximum absolute atomic E-state index is 12.5. The van der Waals surface area contributed by atoms with Crippen LogP contribution in [0.5, 0.6) is 0 Å². The summed E-state index contributed by atoms with van der Waals surface area (Å²) in [5.41, 5.74) is 0.954. The zero-order chi connectivity index (χ0) is 18.4. The van der Waals surface area contributed by atoms with Crippen molar-refractivity contribution < 1.29 is 13.2 Å². The van der Waals surface area contributed by atoms with Gasteiger partial charge in [-0.3, -0.25) is 4.79 Å². The number of nitrogens with zero attached hydrogens (tertiary/aromatic N) is 1. The number of benzene rings is 1. The van der Waals surface area contributed by atoms with Crippen molar-refractivity contribution in [3.05, 3.63) is 29.8 Å². The summed E-state index contributed by atoms with van der Waals surface area (Å²) >= 11 is 0. The molecule has 0 radical (unpaired) electrons. The maximum Gasteiger partial charge on any atom is 0.222 e. The number of hydrogen-bond acceptors (Lipinski definition) is 3. The lowest BCUT2D eigenvalue weighted by Crippen LogP contribution is -2.29. The molecule has 1 aromatic carbocycles. The van der Waals surface area contributed by atoms with Gasteiger partial charge in [-0.25, -0.2) is 8.42 Å². The third-order valence-electron chi connectivity index (χ3n) is 5.49. The number of carbonyl (C=O) groups excluding carboxylic acids is 1. The van der Waals surface area contributed by atoms with Crippen LogP contribution in [0.2, 0.25) is 0 Å². The molecule has 1 aliphatic rings. The van der Waals surface area contributed by atoms with Gasteiger partial charge in [0, 0.05) is 19.7 Å². The van der Waals surface area contributed by atoms with Gasteiger partial charge in [-0.1, -0.05) is 44.2 Å². The molecule has 1 atom stereocenters. The minimum atomic E-state index is -3.19. The lowest BCUT2D eigenvalue weighted by atomic mass is 9.86. The van der Waals surface area contributed by atoms with Gasteiger partial charge < -0.3 is 4.90 Å². The average molecular weight is 366 g/mol. The average Bonchev–Trinajstić information content (AvgIpc) is 2.60. The van der Waals surface area contributed by atoms with E-state index >= 15 is 0 Å². The van der Waals surface area contributed by atoms with E-state index in [-0.39, 0.29) is 11.9 Å². The summed E-state index contributed by atoms with van der Waals surface area (Å²) < 4.78 is 23.1. The molecule has 1 aliphatic carbocycles. The molecule has 1 fully saturated rings. The molecule has 0 saturated heterocycles. The number of carbonyl (C=O) groups is 1. The summed E-state index contributed by atoms with van der Waals surface area (Å²) in [4.78, 5) is 14.5. The van der Waals surface area contributed by atoms with Gasteiger partial charge in [0.15, 0.2) is 9.84 Å². The molecule has 1 saturated carbocycles. The molecule has 0 aliphatic heterocycles. The summed E-state index contributed by atoms with van der Waals surface area (Å²) in [6.45, 7) is 1.98. The Bertz CT molecular complexity index is 661. The van der Waals surface area contributed by atoms with Crippen LogP contribution in [0.15, 0.2) is 29.2 Å². The molecule has 0 aromatic heterocycles. The van der Waals surface area contributed by atoms with E-state index < -0.39 is 9.84 Å². The van der Waals surface area contributed by atoms with Crippen LogP contribution in [0.3, 0.4) is 0 Å². The second-order valence-electron chi connectivity index (χ2n) is 7.42. The number of rotatable bonds is 7. The van der Waals surface area contributed by atoms with Gasteiger partial charge in [-0.15, -0.1) is 0 Å². The van der Waals surface area contributed by atoms with Crippen LogP contribution in [0.1, 0.15) is 69.9 Å². The van der Waals surface area contributed by atoms with Crippen molar-refractivity contribution in [1.82, 2.24) is 4.90 Å². The Morgan fingerprint density at radius 2 is 1.76 bits per heavy atom. The number of sulfone groups is 1. The van der Waals surface area contributed by atoms with Gasteiger partial charge in [0.05, 0.1) is 10.9 Å². The molecule has 1 aromatic rings. The Morgan fingerprint density at radius 1 is 1.16 bits per heavy atom. The molecule has 1 amide bonds. The predicted octanol–water partition coefficient (Wildman–Crippen LogP) is 4.36. The fourth-order valence-electron chi connectivity index (χ4n) is 3.63. The summed E-state index contributed by atoms with van der Waals surface area (Å²) in [5.74, 6) is 0.975. The summed E-state index contributed by atoms with van der Waals surface area (Å²) in [5, 5.41) is 0. The minimum absolute atomic E-state index is 0.0595. The van der Waals surface area contributed by atoms with Crippen molar-refractivity contribution in [2.45, 2.75) is 69.2 Å². The monoisotopic (exact) mass is 365 g/mol. The predicted molar refractivity (Wildman–Crippen MR) is 101 cm³/mol. The Labute approximate surface area is 152 Å². The summed E-state index contributed by atoms with van der Waals surface area (Å²) in [6.07, 6.45) is 10.6. The quantitative estimate of drug-likeness (QED) is 0.721. The molecule has 0 heterocycles. The van der Waals surface area contributed by atoms with Crippen LogP contribution in [-0.2, 0) is 14.6 Å². The van der Waals surface area contributed by atoms with Crippen LogP contribution < -0.4 is 0 Å². The van der Waals surface area contributed by atoms with E-state index in [1.165, 1.54) is 38.4 Å².